The van der Waals surface area contributed by atoms with E-state index in [1.54, 1.807) is 0 Å². The minimum Gasteiger partial charge on any atom is -0.463 e. The summed E-state index contributed by atoms with van der Waals surface area (Å²) < 4.78 is 19.4. The summed E-state index contributed by atoms with van der Waals surface area (Å²) >= 11 is 0. The second kappa shape index (κ2) is 26.6. The van der Waals surface area contributed by atoms with Gasteiger partial charge in [0, 0.05) is 25.0 Å². The zero-order valence-corrected chi connectivity index (χ0v) is 24.9. The van der Waals surface area contributed by atoms with Crippen molar-refractivity contribution in [1.82, 2.24) is 0 Å². The smallest absolute Gasteiger partial charge is 0.330 e. The predicted molar refractivity (Wildman–Crippen MR) is 159 cm³/mol. The van der Waals surface area contributed by atoms with Crippen LogP contribution >= 0.6 is 0 Å². The molecule has 10 heteroatoms. The second-order valence-electron chi connectivity index (χ2n) is 9.94. The summed E-state index contributed by atoms with van der Waals surface area (Å²) in [5, 5.41) is 19.3. The largest absolute Gasteiger partial charge is 0.463 e. The minimum absolute atomic E-state index is 0.204. The first kappa shape index (κ1) is 38.8. The van der Waals surface area contributed by atoms with Gasteiger partial charge in [0.1, 0.15) is 38.6 Å². The Balaban J connectivity index is 3.70. The van der Waals surface area contributed by atoms with Crippen molar-refractivity contribution in [3.63, 3.8) is 0 Å². The Bertz CT molecular complexity index is 835. The van der Waals surface area contributed by atoms with E-state index in [0.717, 1.165) is 76.4 Å². The third-order valence-electron chi connectivity index (χ3n) is 6.20. The van der Waals surface area contributed by atoms with Gasteiger partial charge in [-0.2, -0.15) is 0 Å². The van der Waals surface area contributed by atoms with E-state index in [1.165, 1.54) is 0 Å². The average Bonchev–Trinajstić information content (AvgIpc) is 2.99. The molecule has 0 aliphatic carbocycles. The molecule has 0 aliphatic rings. The van der Waals surface area contributed by atoms with Gasteiger partial charge in [-0.3, -0.25) is 9.59 Å². The van der Waals surface area contributed by atoms with Crippen LogP contribution in [-0.4, -0.2) is 72.7 Å². The van der Waals surface area contributed by atoms with Crippen LogP contribution in [0.25, 0.3) is 0 Å². The SMILES string of the molecule is C=CC(=O)OCC(O)COC(=O)CCCCCCC=CCCC(C=C)CCCCCC(=O)OCC(O)COC(=O)C=C. The standard InChI is InChI=1S/C32H50O10/c1-4-26(19-15-13-17-21-32(38)42-25-28(34)23-40-30(36)6-3)18-14-11-9-7-8-10-12-16-20-31(37)41-24-27(33)22-39-29(35)5-2/h4-6,9,11,26-28,33-34H,1-3,7-8,10,12-25H2. The highest BCUT2D eigenvalue weighted by Crippen LogP contribution is 2.18. The molecular weight excluding hydrogens is 544 g/mol. The number of carbonyl (C=O) groups is 4. The number of aliphatic hydroxyl groups excluding tert-OH is 2. The van der Waals surface area contributed by atoms with E-state index in [1.807, 2.05) is 6.08 Å². The third kappa shape index (κ3) is 24.5. The Labute approximate surface area is 250 Å². The fourth-order valence-electron chi connectivity index (χ4n) is 3.76. The molecule has 0 spiro atoms. The zero-order chi connectivity index (χ0) is 31.4. The average molecular weight is 595 g/mol. The van der Waals surface area contributed by atoms with Gasteiger partial charge in [-0.1, -0.05) is 57.1 Å². The number of rotatable bonds is 27. The number of hydrogen-bond donors (Lipinski definition) is 2. The molecule has 42 heavy (non-hydrogen) atoms. The number of carbonyl (C=O) groups excluding carboxylic acids is 4. The lowest BCUT2D eigenvalue weighted by atomic mass is 9.96. The van der Waals surface area contributed by atoms with Gasteiger partial charge >= 0.3 is 23.9 Å². The van der Waals surface area contributed by atoms with Crippen molar-refractivity contribution in [3.8, 4) is 0 Å². The van der Waals surface area contributed by atoms with Crippen molar-refractivity contribution in [2.45, 2.75) is 95.7 Å². The van der Waals surface area contributed by atoms with E-state index >= 15 is 0 Å². The first-order valence-corrected chi connectivity index (χ1v) is 14.7. The summed E-state index contributed by atoms with van der Waals surface area (Å²) in [4.78, 5) is 45.4. The summed E-state index contributed by atoms with van der Waals surface area (Å²) in [6.45, 7) is 9.56. The summed E-state index contributed by atoms with van der Waals surface area (Å²) in [6.07, 6.45) is 17.2. The molecule has 3 atom stereocenters. The monoisotopic (exact) mass is 594 g/mol. The zero-order valence-electron chi connectivity index (χ0n) is 24.9. The van der Waals surface area contributed by atoms with Crippen molar-refractivity contribution in [1.29, 1.82) is 0 Å². The van der Waals surface area contributed by atoms with Crippen molar-refractivity contribution in [3.05, 3.63) is 50.1 Å². The first-order valence-electron chi connectivity index (χ1n) is 14.7. The molecule has 238 valence electrons. The summed E-state index contributed by atoms with van der Waals surface area (Å²) in [5.41, 5.74) is 0. The Morgan fingerprint density at radius 1 is 0.571 bits per heavy atom. The van der Waals surface area contributed by atoms with Crippen LogP contribution in [-0.2, 0) is 38.1 Å². The van der Waals surface area contributed by atoms with Gasteiger partial charge in [0.2, 0.25) is 0 Å². The highest BCUT2D eigenvalue weighted by molar-refractivity contribution is 5.81. The number of allylic oxidation sites excluding steroid dienone is 3. The third-order valence-corrected chi connectivity index (χ3v) is 6.20. The molecule has 0 radical (unpaired) electrons. The fraction of sp³-hybridized carbons (Fsp3) is 0.625. The topological polar surface area (TPSA) is 146 Å². The predicted octanol–water partition coefficient (Wildman–Crippen LogP) is 4.68. The van der Waals surface area contributed by atoms with Crippen LogP contribution in [0.5, 0.6) is 0 Å². The number of unbranched alkanes of at least 4 members (excludes halogenated alkanes) is 6. The molecule has 0 fully saturated rings. The van der Waals surface area contributed by atoms with E-state index in [9.17, 15) is 29.4 Å². The van der Waals surface area contributed by atoms with Crippen molar-refractivity contribution in [2.24, 2.45) is 5.92 Å². The second-order valence-corrected chi connectivity index (χ2v) is 9.94. The van der Waals surface area contributed by atoms with Crippen LogP contribution in [0.1, 0.15) is 83.5 Å². The molecule has 0 rings (SSSR count). The lowest BCUT2D eigenvalue weighted by Crippen LogP contribution is -2.24. The highest BCUT2D eigenvalue weighted by atomic mass is 16.6. The van der Waals surface area contributed by atoms with E-state index < -0.39 is 24.1 Å². The molecule has 0 bridgehead atoms. The maximum Gasteiger partial charge on any atom is 0.330 e. The van der Waals surface area contributed by atoms with Crippen LogP contribution in [0.2, 0.25) is 0 Å². The van der Waals surface area contributed by atoms with E-state index in [-0.39, 0.29) is 44.8 Å². The molecular formula is C32H50O10. The van der Waals surface area contributed by atoms with Gasteiger partial charge in [0.15, 0.2) is 0 Å². The Kier molecular flexibility index (Phi) is 24.6. The van der Waals surface area contributed by atoms with Crippen LogP contribution in [0.3, 0.4) is 0 Å². The number of aliphatic hydroxyl groups is 2. The van der Waals surface area contributed by atoms with Gasteiger partial charge in [0.25, 0.3) is 0 Å². The van der Waals surface area contributed by atoms with Gasteiger partial charge < -0.3 is 29.2 Å². The Morgan fingerprint density at radius 3 is 1.52 bits per heavy atom. The van der Waals surface area contributed by atoms with Crippen molar-refractivity contribution in [2.75, 3.05) is 26.4 Å². The molecule has 0 heterocycles. The van der Waals surface area contributed by atoms with Crippen LogP contribution in [0.15, 0.2) is 50.1 Å². The molecule has 0 saturated heterocycles. The van der Waals surface area contributed by atoms with Crippen molar-refractivity contribution < 1.29 is 48.3 Å². The molecule has 10 nitrogen and oxygen atoms in total. The number of ether oxygens (including phenoxy) is 4. The Morgan fingerprint density at radius 2 is 1.02 bits per heavy atom. The molecule has 3 unspecified atom stereocenters. The van der Waals surface area contributed by atoms with Gasteiger partial charge in [-0.25, -0.2) is 9.59 Å². The number of hydrogen-bond acceptors (Lipinski definition) is 10. The van der Waals surface area contributed by atoms with E-state index in [2.05, 4.69) is 41.4 Å². The fourth-order valence-corrected chi connectivity index (χ4v) is 3.76. The van der Waals surface area contributed by atoms with Crippen LogP contribution < -0.4 is 0 Å². The van der Waals surface area contributed by atoms with Crippen LogP contribution in [0, 0.1) is 5.92 Å². The van der Waals surface area contributed by atoms with Gasteiger partial charge in [0.05, 0.1) is 0 Å². The van der Waals surface area contributed by atoms with Crippen LogP contribution in [0.4, 0.5) is 0 Å². The summed E-state index contributed by atoms with van der Waals surface area (Å²) in [5.74, 6) is -1.60. The maximum absolute atomic E-state index is 11.8. The molecule has 0 aromatic carbocycles. The maximum atomic E-state index is 11.8. The Hall–Kier alpha value is -3.24. The molecule has 0 aliphatic heterocycles. The van der Waals surface area contributed by atoms with Gasteiger partial charge in [-0.15, -0.1) is 6.58 Å². The van der Waals surface area contributed by atoms with E-state index in [0.29, 0.717) is 18.8 Å². The quantitative estimate of drug-likeness (QED) is 0.0452. The lowest BCUT2D eigenvalue weighted by molar-refractivity contribution is -0.151. The molecule has 2 N–H and O–H groups in total. The summed E-state index contributed by atoms with van der Waals surface area (Å²) in [6, 6.07) is 0. The molecule has 0 aromatic rings. The van der Waals surface area contributed by atoms with Crippen molar-refractivity contribution >= 4 is 23.9 Å². The molecule has 0 amide bonds. The number of esters is 4. The normalized spacial score (nSPS) is 13.0. The highest BCUT2D eigenvalue weighted by Gasteiger charge is 2.12. The molecule has 0 saturated carbocycles. The summed E-state index contributed by atoms with van der Waals surface area (Å²) in [7, 11) is 0. The molecule has 0 aromatic heterocycles. The lowest BCUT2D eigenvalue weighted by Gasteiger charge is -2.12. The van der Waals surface area contributed by atoms with E-state index in [4.69, 9.17) is 9.47 Å². The first-order chi connectivity index (χ1) is 20.2. The van der Waals surface area contributed by atoms with Gasteiger partial charge in [-0.05, 0) is 50.9 Å². The minimum atomic E-state index is -1.05.